The first kappa shape index (κ1) is 16.8. The number of carboxylic acids is 1. The third-order valence-corrected chi connectivity index (χ3v) is 3.10. The van der Waals surface area contributed by atoms with Crippen molar-refractivity contribution in [3.8, 4) is 0 Å². The molecule has 1 aromatic carbocycles. The van der Waals surface area contributed by atoms with E-state index in [0.717, 1.165) is 12.1 Å². The summed E-state index contributed by atoms with van der Waals surface area (Å²) in [7, 11) is -3.71. The number of halogens is 1. The Labute approximate surface area is 120 Å². The smallest absolute Gasteiger partial charge is 0.328 e. The molecule has 0 atom stereocenters. The van der Waals surface area contributed by atoms with Crippen LogP contribution < -0.4 is 10.5 Å². The average Bonchev–Trinajstić information content (AvgIpc) is 2.34. The molecule has 0 spiro atoms. The van der Waals surface area contributed by atoms with E-state index in [4.69, 9.17) is 10.2 Å². The number of primary sulfonamides is 1. The molecule has 114 valence electrons. The van der Waals surface area contributed by atoms with Gasteiger partial charge < -0.3 is 10.4 Å². The van der Waals surface area contributed by atoms with Gasteiger partial charge in [0.05, 0.1) is 11.3 Å². The Morgan fingerprint density at radius 1 is 1.38 bits per heavy atom. The molecule has 1 aromatic rings. The SMILES string of the molecule is NS(=O)(=O)CCNC(=O)c1ccc(C=CC(=O)O)cc1F. The van der Waals surface area contributed by atoms with Crippen LogP contribution in [0.5, 0.6) is 0 Å². The van der Waals surface area contributed by atoms with E-state index in [1.54, 1.807) is 0 Å². The molecule has 1 rings (SSSR count). The molecule has 0 heterocycles. The predicted octanol–water partition coefficient (Wildman–Crippen LogP) is -0.0582. The monoisotopic (exact) mass is 316 g/mol. The van der Waals surface area contributed by atoms with E-state index in [1.807, 2.05) is 0 Å². The fourth-order valence-electron chi connectivity index (χ4n) is 1.39. The van der Waals surface area contributed by atoms with E-state index in [1.165, 1.54) is 18.2 Å². The van der Waals surface area contributed by atoms with Gasteiger partial charge in [-0.3, -0.25) is 4.79 Å². The van der Waals surface area contributed by atoms with Crippen molar-refractivity contribution in [1.29, 1.82) is 0 Å². The highest BCUT2D eigenvalue weighted by Gasteiger charge is 2.12. The molecule has 0 saturated carbocycles. The van der Waals surface area contributed by atoms with Crippen LogP contribution in [-0.4, -0.2) is 37.7 Å². The first-order chi connectivity index (χ1) is 9.69. The maximum Gasteiger partial charge on any atom is 0.328 e. The van der Waals surface area contributed by atoms with Crippen molar-refractivity contribution in [2.75, 3.05) is 12.3 Å². The first-order valence-electron chi connectivity index (χ1n) is 5.68. The second-order valence-electron chi connectivity index (χ2n) is 4.03. The zero-order valence-corrected chi connectivity index (χ0v) is 11.6. The Kier molecular flexibility index (Phi) is 5.56. The van der Waals surface area contributed by atoms with Crippen molar-refractivity contribution < 1.29 is 27.5 Å². The largest absolute Gasteiger partial charge is 0.478 e. The van der Waals surface area contributed by atoms with Crippen LogP contribution in [0.2, 0.25) is 0 Å². The Morgan fingerprint density at radius 3 is 2.57 bits per heavy atom. The summed E-state index contributed by atoms with van der Waals surface area (Å²) in [5.74, 6) is -3.28. The normalized spacial score (nSPS) is 11.5. The zero-order valence-electron chi connectivity index (χ0n) is 10.7. The fraction of sp³-hybridized carbons (Fsp3) is 0.167. The van der Waals surface area contributed by atoms with E-state index >= 15 is 0 Å². The quantitative estimate of drug-likeness (QED) is 0.634. The summed E-state index contributed by atoms with van der Waals surface area (Å²) in [5.41, 5.74) is -0.00659. The lowest BCUT2D eigenvalue weighted by Gasteiger charge is -2.06. The number of amides is 1. The van der Waals surface area contributed by atoms with Crippen LogP contribution in [0, 0.1) is 5.82 Å². The van der Waals surface area contributed by atoms with Gasteiger partial charge in [-0.05, 0) is 23.8 Å². The van der Waals surface area contributed by atoms with Gasteiger partial charge in [0.1, 0.15) is 5.82 Å². The molecule has 0 bridgehead atoms. The minimum atomic E-state index is -3.71. The number of benzene rings is 1. The summed E-state index contributed by atoms with van der Waals surface area (Å²) in [6.07, 6.45) is 2.01. The van der Waals surface area contributed by atoms with E-state index < -0.39 is 33.5 Å². The Balaban J connectivity index is 2.75. The van der Waals surface area contributed by atoms with Gasteiger partial charge in [-0.1, -0.05) is 6.07 Å². The van der Waals surface area contributed by atoms with Gasteiger partial charge in [-0.2, -0.15) is 0 Å². The highest BCUT2D eigenvalue weighted by molar-refractivity contribution is 7.89. The van der Waals surface area contributed by atoms with Gasteiger partial charge in [0.15, 0.2) is 0 Å². The van der Waals surface area contributed by atoms with Gasteiger partial charge in [-0.15, -0.1) is 0 Å². The molecule has 0 saturated heterocycles. The number of aliphatic carboxylic acids is 1. The van der Waals surface area contributed by atoms with E-state index in [0.29, 0.717) is 0 Å². The van der Waals surface area contributed by atoms with Crippen molar-refractivity contribution >= 4 is 28.0 Å². The lowest BCUT2D eigenvalue weighted by molar-refractivity contribution is -0.131. The second-order valence-corrected chi connectivity index (χ2v) is 5.77. The number of nitrogens with two attached hydrogens (primary N) is 1. The molecular formula is C12H13FN2O5S. The van der Waals surface area contributed by atoms with Crippen LogP contribution in [0.3, 0.4) is 0 Å². The molecule has 0 fully saturated rings. The Hall–Kier alpha value is -2.26. The maximum absolute atomic E-state index is 13.7. The standard InChI is InChI=1S/C12H13FN2O5S/c13-10-7-8(2-4-11(16)17)1-3-9(10)12(18)15-5-6-21(14,19)20/h1-4,7H,5-6H2,(H,15,18)(H,16,17)(H2,14,19,20). The van der Waals surface area contributed by atoms with Crippen LogP contribution in [0.25, 0.3) is 6.08 Å². The molecule has 0 aliphatic heterocycles. The third-order valence-electron chi connectivity index (χ3n) is 2.33. The Morgan fingerprint density at radius 2 is 2.05 bits per heavy atom. The van der Waals surface area contributed by atoms with Crippen LogP contribution in [0.4, 0.5) is 4.39 Å². The van der Waals surface area contributed by atoms with Crippen LogP contribution in [0.1, 0.15) is 15.9 Å². The number of carbonyl (C=O) groups is 2. The van der Waals surface area contributed by atoms with E-state index in [9.17, 15) is 22.4 Å². The van der Waals surface area contributed by atoms with Crippen molar-refractivity contribution in [2.24, 2.45) is 5.14 Å². The summed E-state index contributed by atoms with van der Waals surface area (Å²) >= 11 is 0. The number of hydrogen-bond donors (Lipinski definition) is 3. The number of carbonyl (C=O) groups excluding carboxylic acids is 1. The fourth-order valence-corrected chi connectivity index (χ4v) is 1.78. The lowest BCUT2D eigenvalue weighted by atomic mass is 10.1. The minimum absolute atomic E-state index is 0.238. The Bertz CT molecular complexity index is 685. The van der Waals surface area contributed by atoms with Crippen LogP contribution >= 0.6 is 0 Å². The molecule has 4 N–H and O–H groups in total. The van der Waals surface area contributed by atoms with Crippen molar-refractivity contribution in [3.05, 3.63) is 41.2 Å². The molecule has 7 nitrogen and oxygen atoms in total. The number of rotatable bonds is 6. The van der Waals surface area contributed by atoms with E-state index in [2.05, 4.69) is 5.32 Å². The van der Waals surface area contributed by atoms with Crippen LogP contribution in [-0.2, 0) is 14.8 Å². The van der Waals surface area contributed by atoms with Gasteiger partial charge in [0, 0.05) is 12.6 Å². The van der Waals surface area contributed by atoms with Gasteiger partial charge >= 0.3 is 5.97 Å². The molecule has 21 heavy (non-hydrogen) atoms. The molecule has 0 aliphatic carbocycles. The molecule has 0 aromatic heterocycles. The second kappa shape index (κ2) is 6.95. The van der Waals surface area contributed by atoms with Crippen LogP contribution in [0.15, 0.2) is 24.3 Å². The molecule has 0 unspecified atom stereocenters. The first-order valence-corrected chi connectivity index (χ1v) is 7.40. The number of hydrogen-bond acceptors (Lipinski definition) is 4. The molecular weight excluding hydrogens is 303 g/mol. The van der Waals surface area contributed by atoms with Crippen molar-refractivity contribution in [1.82, 2.24) is 5.32 Å². The van der Waals surface area contributed by atoms with Crippen molar-refractivity contribution in [3.63, 3.8) is 0 Å². The molecule has 0 aliphatic rings. The highest BCUT2D eigenvalue weighted by Crippen LogP contribution is 2.11. The lowest BCUT2D eigenvalue weighted by Crippen LogP contribution is -2.31. The summed E-state index contributed by atoms with van der Waals surface area (Å²) in [5, 5.41) is 15.4. The minimum Gasteiger partial charge on any atom is -0.478 e. The van der Waals surface area contributed by atoms with Gasteiger partial charge in [-0.25, -0.2) is 22.7 Å². The summed E-state index contributed by atoms with van der Waals surface area (Å²) < 4.78 is 35.1. The topological polar surface area (TPSA) is 127 Å². The molecule has 1 amide bonds. The van der Waals surface area contributed by atoms with Crippen molar-refractivity contribution in [2.45, 2.75) is 0 Å². The van der Waals surface area contributed by atoms with Gasteiger partial charge in [0.25, 0.3) is 5.91 Å². The number of carboxylic acid groups (broad SMARTS) is 1. The van der Waals surface area contributed by atoms with Gasteiger partial charge in [0.2, 0.25) is 10.0 Å². The average molecular weight is 316 g/mol. The number of sulfonamides is 1. The highest BCUT2D eigenvalue weighted by atomic mass is 32.2. The molecule has 9 heteroatoms. The maximum atomic E-state index is 13.7. The predicted molar refractivity (Wildman–Crippen MR) is 73.4 cm³/mol. The van der Waals surface area contributed by atoms with E-state index in [-0.39, 0.29) is 17.7 Å². The summed E-state index contributed by atoms with van der Waals surface area (Å²) in [6.45, 7) is -0.238. The summed E-state index contributed by atoms with van der Waals surface area (Å²) in [4.78, 5) is 22.0. The third kappa shape index (κ3) is 6.15. The number of nitrogens with one attached hydrogen (secondary N) is 1. The summed E-state index contributed by atoms with van der Waals surface area (Å²) in [6, 6.07) is 3.52. The zero-order chi connectivity index (χ0) is 16.0. The molecule has 0 radical (unpaired) electrons.